The number of pyridine rings is 1. The smallest absolute Gasteiger partial charge is 0.257 e. The molecule has 11 heteroatoms. The molecular formula is C21H21N9OS. The highest BCUT2D eigenvalue weighted by atomic mass is 32.1. The molecule has 1 amide bonds. The Labute approximate surface area is 188 Å². The van der Waals surface area contributed by atoms with E-state index in [0.717, 1.165) is 48.0 Å². The van der Waals surface area contributed by atoms with Crippen molar-refractivity contribution in [1.29, 1.82) is 0 Å². The molecule has 32 heavy (non-hydrogen) atoms. The van der Waals surface area contributed by atoms with Crippen LogP contribution in [-0.2, 0) is 0 Å². The van der Waals surface area contributed by atoms with Gasteiger partial charge >= 0.3 is 0 Å². The summed E-state index contributed by atoms with van der Waals surface area (Å²) < 4.78 is 0. The fourth-order valence-electron chi connectivity index (χ4n) is 3.55. The van der Waals surface area contributed by atoms with Crippen LogP contribution in [0.5, 0.6) is 0 Å². The van der Waals surface area contributed by atoms with Gasteiger partial charge in [0, 0.05) is 48.9 Å². The molecule has 0 saturated carbocycles. The highest BCUT2D eigenvalue weighted by Crippen LogP contribution is 2.28. The highest BCUT2D eigenvalue weighted by molar-refractivity contribution is 7.18. The van der Waals surface area contributed by atoms with Gasteiger partial charge in [-0.1, -0.05) is 11.3 Å². The van der Waals surface area contributed by atoms with Gasteiger partial charge in [-0.05, 0) is 43.4 Å². The highest BCUT2D eigenvalue weighted by Gasteiger charge is 2.17. The molecule has 1 aliphatic rings. The molecule has 0 aliphatic carbocycles. The summed E-state index contributed by atoms with van der Waals surface area (Å²) in [4.78, 5) is 21.8. The molecular weight excluding hydrogens is 426 g/mol. The maximum absolute atomic E-state index is 12.9. The zero-order valence-electron chi connectivity index (χ0n) is 17.4. The van der Waals surface area contributed by atoms with Crippen molar-refractivity contribution < 1.29 is 4.79 Å². The van der Waals surface area contributed by atoms with E-state index in [-0.39, 0.29) is 5.91 Å². The van der Waals surface area contributed by atoms with Crippen molar-refractivity contribution in [3.63, 3.8) is 0 Å². The Morgan fingerprint density at radius 1 is 1.03 bits per heavy atom. The summed E-state index contributed by atoms with van der Waals surface area (Å²) in [6, 6.07) is 11.0. The van der Waals surface area contributed by atoms with Crippen molar-refractivity contribution in [2.24, 2.45) is 0 Å². The zero-order valence-corrected chi connectivity index (χ0v) is 18.2. The van der Waals surface area contributed by atoms with E-state index in [2.05, 4.69) is 47.5 Å². The Hall–Kier alpha value is -3.70. The third-order valence-corrected chi connectivity index (χ3v) is 6.15. The lowest BCUT2D eigenvalue weighted by Gasteiger charge is -2.33. The first-order valence-corrected chi connectivity index (χ1v) is 10.9. The fraction of sp³-hybridized carbons (Fsp3) is 0.238. The summed E-state index contributed by atoms with van der Waals surface area (Å²) in [5.74, 6) is 0.912. The maximum Gasteiger partial charge on any atom is 0.257 e. The molecule has 10 nitrogen and oxygen atoms in total. The van der Waals surface area contributed by atoms with E-state index in [9.17, 15) is 4.79 Å². The number of nitrogens with one attached hydrogen (secondary N) is 1. The van der Waals surface area contributed by atoms with Gasteiger partial charge in [0.1, 0.15) is 10.8 Å². The SMILES string of the molecule is CN1CCN(c2cc(C(=O)Nc3cc4cc(-c5nnc(N)s5)ccc4nn3)ccn2)CC1. The Kier molecular flexibility index (Phi) is 5.33. The number of likely N-dealkylation sites (N-methyl/N-ethyl adjacent to an activating group) is 1. The Morgan fingerprint density at radius 2 is 1.88 bits per heavy atom. The quantitative estimate of drug-likeness (QED) is 0.484. The second-order valence-electron chi connectivity index (χ2n) is 7.60. The summed E-state index contributed by atoms with van der Waals surface area (Å²) in [5.41, 5.74) is 7.81. The summed E-state index contributed by atoms with van der Waals surface area (Å²) in [7, 11) is 2.10. The van der Waals surface area contributed by atoms with Gasteiger partial charge in [-0.25, -0.2) is 4.98 Å². The molecule has 3 aromatic heterocycles. The van der Waals surface area contributed by atoms with Crippen molar-refractivity contribution in [3.8, 4) is 10.6 Å². The van der Waals surface area contributed by atoms with Crippen LogP contribution in [0.2, 0.25) is 0 Å². The van der Waals surface area contributed by atoms with Crippen molar-refractivity contribution >= 4 is 44.9 Å². The predicted molar refractivity (Wildman–Crippen MR) is 125 cm³/mol. The van der Waals surface area contributed by atoms with E-state index in [0.29, 0.717) is 22.0 Å². The number of anilines is 3. The van der Waals surface area contributed by atoms with Crippen LogP contribution >= 0.6 is 11.3 Å². The number of piperazine rings is 1. The topological polar surface area (TPSA) is 126 Å². The minimum absolute atomic E-state index is 0.260. The van der Waals surface area contributed by atoms with Gasteiger partial charge in [-0.15, -0.1) is 20.4 Å². The monoisotopic (exact) mass is 447 g/mol. The number of rotatable bonds is 4. The molecule has 4 aromatic rings. The summed E-state index contributed by atoms with van der Waals surface area (Å²) in [6.45, 7) is 3.70. The summed E-state index contributed by atoms with van der Waals surface area (Å²) in [6.07, 6.45) is 1.66. The summed E-state index contributed by atoms with van der Waals surface area (Å²) in [5, 5.41) is 21.1. The number of fused-ring (bicyclic) bond motifs is 1. The largest absolute Gasteiger partial charge is 0.374 e. The van der Waals surface area contributed by atoms with E-state index < -0.39 is 0 Å². The van der Waals surface area contributed by atoms with Crippen LogP contribution in [0.15, 0.2) is 42.6 Å². The first-order valence-electron chi connectivity index (χ1n) is 10.1. The lowest BCUT2D eigenvalue weighted by molar-refractivity contribution is 0.102. The van der Waals surface area contributed by atoms with Crippen molar-refractivity contribution in [2.75, 3.05) is 49.2 Å². The molecule has 162 valence electrons. The molecule has 0 radical (unpaired) electrons. The normalized spacial score (nSPS) is 14.6. The number of benzene rings is 1. The van der Waals surface area contributed by atoms with Crippen LogP contribution < -0.4 is 16.0 Å². The average Bonchev–Trinajstić information content (AvgIpc) is 3.25. The molecule has 3 N–H and O–H groups in total. The van der Waals surface area contributed by atoms with Gasteiger partial charge in [-0.3, -0.25) is 4.79 Å². The van der Waals surface area contributed by atoms with Gasteiger partial charge in [-0.2, -0.15) is 0 Å². The third kappa shape index (κ3) is 4.20. The number of hydrogen-bond donors (Lipinski definition) is 2. The molecule has 1 saturated heterocycles. The van der Waals surface area contributed by atoms with E-state index in [1.165, 1.54) is 11.3 Å². The van der Waals surface area contributed by atoms with Crippen LogP contribution in [0.25, 0.3) is 21.5 Å². The first kappa shape index (κ1) is 20.2. The number of hydrogen-bond acceptors (Lipinski definition) is 10. The van der Waals surface area contributed by atoms with E-state index >= 15 is 0 Å². The second kappa shape index (κ2) is 8.44. The van der Waals surface area contributed by atoms with E-state index in [4.69, 9.17) is 5.73 Å². The Balaban J connectivity index is 1.36. The summed E-state index contributed by atoms with van der Waals surface area (Å²) >= 11 is 1.31. The minimum Gasteiger partial charge on any atom is -0.374 e. The van der Waals surface area contributed by atoms with Crippen molar-refractivity contribution in [2.45, 2.75) is 0 Å². The number of carbonyl (C=O) groups excluding carboxylic acids is 1. The molecule has 1 aromatic carbocycles. The molecule has 4 heterocycles. The van der Waals surface area contributed by atoms with Crippen LogP contribution in [0, 0.1) is 0 Å². The number of amides is 1. The van der Waals surface area contributed by atoms with Gasteiger partial charge in [0.15, 0.2) is 5.82 Å². The third-order valence-electron chi connectivity index (χ3n) is 5.35. The van der Waals surface area contributed by atoms with Gasteiger partial charge in [0.05, 0.1) is 5.52 Å². The van der Waals surface area contributed by atoms with Crippen LogP contribution in [0.1, 0.15) is 10.4 Å². The molecule has 0 bridgehead atoms. The molecule has 0 unspecified atom stereocenters. The van der Waals surface area contributed by atoms with E-state index in [1.54, 1.807) is 18.3 Å². The number of aromatic nitrogens is 5. The molecule has 0 spiro atoms. The number of nitrogens with zero attached hydrogens (tertiary/aromatic N) is 7. The van der Waals surface area contributed by atoms with Crippen molar-refractivity contribution in [3.05, 3.63) is 48.2 Å². The fourth-order valence-corrected chi connectivity index (χ4v) is 4.15. The Bertz CT molecular complexity index is 1280. The van der Waals surface area contributed by atoms with Crippen LogP contribution in [0.3, 0.4) is 0 Å². The lowest BCUT2D eigenvalue weighted by Crippen LogP contribution is -2.44. The zero-order chi connectivity index (χ0) is 22.1. The van der Waals surface area contributed by atoms with Crippen LogP contribution in [0.4, 0.5) is 16.8 Å². The van der Waals surface area contributed by atoms with Gasteiger partial charge in [0.2, 0.25) is 5.13 Å². The molecule has 0 atom stereocenters. The first-order chi connectivity index (χ1) is 15.5. The van der Waals surface area contributed by atoms with E-state index in [1.807, 2.05) is 24.3 Å². The van der Waals surface area contributed by atoms with Gasteiger partial charge < -0.3 is 20.9 Å². The van der Waals surface area contributed by atoms with Gasteiger partial charge in [0.25, 0.3) is 5.91 Å². The molecule has 1 fully saturated rings. The predicted octanol–water partition coefficient (Wildman–Crippen LogP) is 2.13. The number of carbonyl (C=O) groups is 1. The number of nitrogens with two attached hydrogens (primary N) is 1. The lowest BCUT2D eigenvalue weighted by atomic mass is 10.1. The standard InChI is InChI=1S/C21H21N9OS/c1-29-6-8-30(9-7-29)18-12-13(4-5-23-18)19(31)24-17-11-15-10-14(2-3-16(15)25-26-17)20-27-28-21(22)32-20/h2-5,10-12H,6-9H2,1H3,(H2,22,28)(H,24,26,31). The maximum atomic E-state index is 12.9. The molecule has 1 aliphatic heterocycles. The average molecular weight is 448 g/mol. The molecule has 5 rings (SSSR count). The minimum atomic E-state index is -0.260. The van der Waals surface area contributed by atoms with Crippen LogP contribution in [-0.4, -0.2) is 69.4 Å². The van der Waals surface area contributed by atoms with Crippen molar-refractivity contribution in [1.82, 2.24) is 30.3 Å². The number of nitrogen functional groups attached to an aromatic ring is 1. The Morgan fingerprint density at radius 3 is 2.66 bits per heavy atom. The second-order valence-corrected chi connectivity index (χ2v) is 8.60.